The molecule has 1 aliphatic heterocycles. The van der Waals surface area contributed by atoms with Crippen LogP contribution in [0.25, 0.3) is 0 Å². The summed E-state index contributed by atoms with van der Waals surface area (Å²) >= 11 is 0. The average Bonchev–Trinajstić information content (AvgIpc) is 2.61. The van der Waals surface area contributed by atoms with E-state index in [1.54, 1.807) is 0 Å². The number of rotatable bonds is 2. The number of hydrogen-bond donors (Lipinski definition) is 1. The SMILES string of the molecule is CC1CC1(N)CN1CCCCC1. The van der Waals surface area contributed by atoms with Crippen molar-refractivity contribution in [1.29, 1.82) is 0 Å². The van der Waals surface area contributed by atoms with E-state index in [1.165, 1.54) is 38.8 Å². The first-order valence-corrected chi connectivity index (χ1v) is 5.22. The Bertz CT molecular complexity index is 163. The molecule has 2 aliphatic rings. The second-order valence-corrected chi connectivity index (χ2v) is 4.68. The lowest BCUT2D eigenvalue weighted by Gasteiger charge is -2.29. The molecule has 0 aromatic carbocycles. The molecule has 2 atom stereocenters. The molecule has 2 heteroatoms. The Morgan fingerprint density at radius 3 is 2.42 bits per heavy atom. The summed E-state index contributed by atoms with van der Waals surface area (Å²) in [6.07, 6.45) is 5.42. The van der Waals surface area contributed by atoms with E-state index in [4.69, 9.17) is 5.73 Å². The Labute approximate surface area is 75.1 Å². The van der Waals surface area contributed by atoms with Crippen molar-refractivity contribution in [2.75, 3.05) is 19.6 Å². The summed E-state index contributed by atoms with van der Waals surface area (Å²) in [6.45, 7) is 5.98. The quantitative estimate of drug-likeness (QED) is 0.671. The fourth-order valence-corrected chi connectivity index (χ4v) is 2.27. The second kappa shape index (κ2) is 3.00. The number of hydrogen-bond acceptors (Lipinski definition) is 2. The van der Waals surface area contributed by atoms with Crippen LogP contribution in [0.5, 0.6) is 0 Å². The van der Waals surface area contributed by atoms with Crippen molar-refractivity contribution >= 4 is 0 Å². The lowest BCUT2D eigenvalue weighted by molar-refractivity contribution is 0.207. The molecule has 2 nitrogen and oxygen atoms in total. The van der Waals surface area contributed by atoms with Gasteiger partial charge in [-0.15, -0.1) is 0 Å². The van der Waals surface area contributed by atoms with E-state index in [1.807, 2.05) is 0 Å². The van der Waals surface area contributed by atoms with Crippen LogP contribution in [0.1, 0.15) is 32.6 Å². The normalized spacial score (nSPS) is 43.0. The maximum Gasteiger partial charge on any atom is 0.0313 e. The predicted molar refractivity (Wildman–Crippen MR) is 51.0 cm³/mol. The second-order valence-electron chi connectivity index (χ2n) is 4.68. The molecule has 2 fully saturated rings. The lowest BCUT2D eigenvalue weighted by atomic mass is 10.1. The highest BCUT2D eigenvalue weighted by molar-refractivity contribution is 5.07. The fourth-order valence-electron chi connectivity index (χ4n) is 2.27. The molecule has 0 spiro atoms. The van der Waals surface area contributed by atoms with Crippen molar-refractivity contribution < 1.29 is 0 Å². The van der Waals surface area contributed by atoms with E-state index >= 15 is 0 Å². The summed E-state index contributed by atoms with van der Waals surface area (Å²) in [5, 5.41) is 0. The third-order valence-electron chi connectivity index (χ3n) is 3.47. The Balaban J connectivity index is 1.78. The number of piperidine rings is 1. The van der Waals surface area contributed by atoms with Crippen molar-refractivity contribution in [3.63, 3.8) is 0 Å². The van der Waals surface area contributed by atoms with Gasteiger partial charge in [-0.1, -0.05) is 13.3 Å². The maximum atomic E-state index is 6.18. The van der Waals surface area contributed by atoms with Crippen molar-refractivity contribution in [2.45, 2.75) is 38.1 Å². The molecule has 2 unspecified atom stereocenters. The van der Waals surface area contributed by atoms with E-state index in [-0.39, 0.29) is 5.54 Å². The van der Waals surface area contributed by atoms with Gasteiger partial charge in [-0.2, -0.15) is 0 Å². The minimum atomic E-state index is 0.192. The Morgan fingerprint density at radius 2 is 1.92 bits per heavy atom. The molecule has 1 saturated carbocycles. The van der Waals surface area contributed by atoms with Crippen LogP contribution >= 0.6 is 0 Å². The molecule has 0 bridgehead atoms. The van der Waals surface area contributed by atoms with E-state index in [2.05, 4.69) is 11.8 Å². The van der Waals surface area contributed by atoms with Gasteiger partial charge in [0.1, 0.15) is 0 Å². The Morgan fingerprint density at radius 1 is 1.33 bits per heavy atom. The van der Waals surface area contributed by atoms with Crippen LogP contribution in [0, 0.1) is 5.92 Å². The zero-order chi connectivity index (χ0) is 8.60. The molecule has 1 aliphatic carbocycles. The van der Waals surface area contributed by atoms with Crippen LogP contribution in [0.2, 0.25) is 0 Å². The highest BCUT2D eigenvalue weighted by atomic mass is 15.2. The third kappa shape index (κ3) is 1.64. The van der Waals surface area contributed by atoms with E-state index < -0.39 is 0 Å². The number of nitrogens with zero attached hydrogens (tertiary/aromatic N) is 1. The largest absolute Gasteiger partial charge is 0.324 e. The first kappa shape index (κ1) is 8.52. The molecule has 0 aromatic heterocycles. The number of likely N-dealkylation sites (tertiary alicyclic amines) is 1. The van der Waals surface area contributed by atoms with Crippen molar-refractivity contribution in [3.8, 4) is 0 Å². The van der Waals surface area contributed by atoms with Gasteiger partial charge in [-0.05, 0) is 38.3 Å². The minimum absolute atomic E-state index is 0.192. The minimum Gasteiger partial charge on any atom is -0.324 e. The molecular formula is C10H20N2. The average molecular weight is 168 g/mol. The molecule has 0 amide bonds. The summed E-state index contributed by atoms with van der Waals surface area (Å²) in [4.78, 5) is 2.55. The maximum absolute atomic E-state index is 6.18. The van der Waals surface area contributed by atoms with Crippen molar-refractivity contribution in [1.82, 2.24) is 4.90 Å². The van der Waals surface area contributed by atoms with E-state index in [0.717, 1.165) is 12.5 Å². The summed E-state index contributed by atoms with van der Waals surface area (Å²) < 4.78 is 0. The number of nitrogens with two attached hydrogens (primary N) is 1. The van der Waals surface area contributed by atoms with Gasteiger partial charge in [-0.3, -0.25) is 0 Å². The van der Waals surface area contributed by atoms with E-state index in [0.29, 0.717) is 0 Å². The highest BCUT2D eigenvalue weighted by Crippen LogP contribution is 2.41. The van der Waals surface area contributed by atoms with Gasteiger partial charge in [0.2, 0.25) is 0 Å². The molecule has 12 heavy (non-hydrogen) atoms. The smallest absolute Gasteiger partial charge is 0.0313 e. The van der Waals surface area contributed by atoms with Gasteiger partial charge in [0, 0.05) is 12.1 Å². The molecule has 2 rings (SSSR count). The Kier molecular flexibility index (Phi) is 2.13. The molecule has 1 saturated heterocycles. The van der Waals surface area contributed by atoms with Crippen LogP contribution in [0.15, 0.2) is 0 Å². The standard InChI is InChI=1S/C10H20N2/c1-9-7-10(9,11)8-12-5-3-2-4-6-12/h9H,2-8,11H2,1H3. The van der Waals surface area contributed by atoms with Crippen LogP contribution in [0.3, 0.4) is 0 Å². The molecule has 70 valence electrons. The van der Waals surface area contributed by atoms with Gasteiger partial charge in [0.15, 0.2) is 0 Å². The molecule has 1 heterocycles. The summed E-state index contributed by atoms with van der Waals surface area (Å²) in [7, 11) is 0. The van der Waals surface area contributed by atoms with Gasteiger partial charge >= 0.3 is 0 Å². The summed E-state index contributed by atoms with van der Waals surface area (Å²) in [5.41, 5.74) is 6.37. The molecule has 2 N–H and O–H groups in total. The Hall–Kier alpha value is -0.0800. The van der Waals surface area contributed by atoms with Gasteiger partial charge in [0.05, 0.1) is 0 Å². The molecule has 0 radical (unpaired) electrons. The van der Waals surface area contributed by atoms with Crippen molar-refractivity contribution in [2.24, 2.45) is 11.7 Å². The third-order valence-corrected chi connectivity index (χ3v) is 3.47. The van der Waals surface area contributed by atoms with Gasteiger partial charge < -0.3 is 10.6 Å². The lowest BCUT2D eigenvalue weighted by Crippen LogP contribution is -2.42. The molecule has 0 aromatic rings. The van der Waals surface area contributed by atoms with Gasteiger partial charge in [0.25, 0.3) is 0 Å². The monoisotopic (exact) mass is 168 g/mol. The summed E-state index contributed by atoms with van der Waals surface area (Å²) in [6, 6.07) is 0. The zero-order valence-electron chi connectivity index (χ0n) is 8.05. The van der Waals surface area contributed by atoms with Crippen LogP contribution < -0.4 is 5.73 Å². The van der Waals surface area contributed by atoms with Crippen LogP contribution in [0.4, 0.5) is 0 Å². The van der Waals surface area contributed by atoms with Crippen LogP contribution in [-0.2, 0) is 0 Å². The molecular weight excluding hydrogens is 148 g/mol. The first-order valence-electron chi connectivity index (χ1n) is 5.22. The van der Waals surface area contributed by atoms with Crippen molar-refractivity contribution in [3.05, 3.63) is 0 Å². The fraction of sp³-hybridized carbons (Fsp3) is 1.00. The predicted octanol–water partition coefficient (Wildman–Crippen LogP) is 1.21. The first-order chi connectivity index (χ1) is 5.71. The van der Waals surface area contributed by atoms with Crippen LogP contribution in [-0.4, -0.2) is 30.1 Å². The topological polar surface area (TPSA) is 29.3 Å². The zero-order valence-corrected chi connectivity index (χ0v) is 8.05. The van der Waals surface area contributed by atoms with E-state index in [9.17, 15) is 0 Å². The summed E-state index contributed by atoms with van der Waals surface area (Å²) in [5.74, 6) is 0.763. The van der Waals surface area contributed by atoms with Gasteiger partial charge in [-0.25, -0.2) is 0 Å². The highest BCUT2D eigenvalue weighted by Gasteiger charge is 2.48.